The number of carbonyl (C=O) groups excluding carboxylic acids is 1. The predicted octanol–water partition coefficient (Wildman–Crippen LogP) is 1.65. The Morgan fingerprint density at radius 2 is 2.40 bits per heavy atom. The average molecular weight is 309 g/mol. The molecule has 3 aromatic heterocycles. The molecule has 0 atom stereocenters. The van der Waals surface area contributed by atoms with Gasteiger partial charge in [-0.05, 0) is 18.2 Å². The lowest BCUT2D eigenvalue weighted by atomic mass is 10.5. The molecule has 0 radical (unpaired) electrons. The van der Waals surface area contributed by atoms with Crippen LogP contribution in [0.15, 0.2) is 26.6 Å². The molecule has 0 fully saturated rings. The maximum atomic E-state index is 11.6. The molecule has 0 amide bonds. The van der Waals surface area contributed by atoms with Crippen LogP contribution in [0.4, 0.5) is 0 Å². The van der Waals surface area contributed by atoms with E-state index in [2.05, 4.69) is 15.2 Å². The van der Waals surface area contributed by atoms with Crippen LogP contribution in [0.2, 0.25) is 0 Å². The molecule has 104 valence electrons. The quantitative estimate of drug-likeness (QED) is 0.724. The van der Waals surface area contributed by atoms with Crippen LogP contribution in [0.1, 0.15) is 23.8 Å². The van der Waals surface area contributed by atoms with Gasteiger partial charge in [-0.1, -0.05) is 6.92 Å². The SMILES string of the molecule is CCCn1c(Sc2nc3sccn3c2C=O)n[nH]c1=O. The minimum absolute atomic E-state index is 0.247. The highest BCUT2D eigenvalue weighted by Crippen LogP contribution is 2.29. The van der Waals surface area contributed by atoms with Crippen LogP contribution >= 0.6 is 23.1 Å². The number of aromatic amines is 1. The number of rotatable bonds is 5. The first-order valence-electron chi connectivity index (χ1n) is 5.98. The summed E-state index contributed by atoms with van der Waals surface area (Å²) in [6.45, 7) is 2.56. The van der Waals surface area contributed by atoms with Crippen LogP contribution in [0.3, 0.4) is 0 Å². The fourth-order valence-corrected chi connectivity index (χ4v) is 3.56. The van der Waals surface area contributed by atoms with E-state index in [0.29, 0.717) is 22.4 Å². The van der Waals surface area contributed by atoms with Gasteiger partial charge in [0.25, 0.3) is 0 Å². The van der Waals surface area contributed by atoms with E-state index < -0.39 is 0 Å². The van der Waals surface area contributed by atoms with Crippen molar-refractivity contribution in [1.29, 1.82) is 0 Å². The summed E-state index contributed by atoms with van der Waals surface area (Å²) in [7, 11) is 0. The zero-order valence-electron chi connectivity index (χ0n) is 10.6. The molecule has 0 spiro atoms. The molecule has 0 bridgehead atoms. The van der Waals surface area contributed by atoms with Crippen molar-refractivity contribution in [1.82, 2.24) is 24.1 Å². The van der Waals surface area contributed by atoms with E-state index in [4.69, 9.17) is 0 Å². The normalized spacial score (nSPS) is 11.2. The lowest BCUT2D eigenvalue weighted by Crippen LogP contribution is -2.17. The summed E-state index contributed by atoms with van der Waals surface area (Å²) in [6, 6.07) is 0. The van der Waals surface area contributed by atoms with Crippen molar-refractivity contribution in [2.24, 2.45) is 0 Å². The predicted molar refractivity (Wildman–Crippen MR) is 75.7 cm³/mol. The van der Waals surface area contributed by atoms with Gasteiger partial charge in [-0.15, -0.1) is 16.4 Å². The second-order valence-corrected chi connectivity index (χ2v) is 5.87. The molecule has 0 aliphatic heterocycles. The fraction of sp³-hybridized carbons (Fsp3) is 0.273. The van der Waals surface area contributed by atoms with Gasteiger partial charge in [-0.3, -0.25) is 13.8 Å². The molecular weight excluding hydrogens is 298 g/mol. The first kappa shape index (κ1) is 13.1. The number of aromatic nitrogens is 5. The third kappa shape index (κ3) is 2.08. The summed E-state index contributed by atoms with van der Waals surface area (Å²) < 4.78 is 3.28. The van der Waals surface area contributed by atoms with Gasteiger partial charge < -0.3 is 0 Å². The van der Waals surface area contributed by atoms with E-state index in [1.165, 1.54) is 23.1 Å². The Morgan fingerprint density at radius 3 is 3.15 bits per heavy atom. The summed E-state index contributed by atoms with van der Waals surface area (Å²) in [5.41, 5.74) is 0.229. The summed E-state index contributed by atoms with van der Waals surface area (Å²) in [4.78, 5) is 28.0. The lowest BCUT2D eigenvalue weighted by Gasteiger charge is -2.01. The second kappa shape index (κ2) is 5.25. The number of hydrogen-bond acceptors (Lipinski definition) is 6. The number of aldehydes is 1. The summed E-state index contributed by atoms with van der Waals surface area (Å²) in [6.07, 6.45) is 3.39. The van der Waals surface area contributed by atoms with E-state index in [1.54, 1.807) is 15.2 Å². The number of thiazole rings is 1. The van der Waals surface area contributed by atoms with Crippen molar-refractivity contribution < 1.29 is 4.79 Å². The first-order chi connectivity index (χ1) is 9.74. The largest absolute Gasteiger partial charge is 0.343 e. The number of nitrogens with one attached hydrogen (secondary N) is 1. The van der Waals surface area contributed by atoms with Crippen molar-refractivity contribution in [3.8, 4) is 0 Å². The van der Waals surface area contributed by atoms with Crippen LogP contribution in [-0.4, -0.2) is 30.4 Å². The minimum atomic E-state index is -0.247. The van der Waals surface area contributed by atoms with Crippen LogP contribution in [0.5, 0.6) is 0 Å². The van der Waals surface area contributed by atoms with Gasteiger partial charge in [0.1, 0.15) is 10.7 Å². The smallest absolute Gasteiger partial charge is 0.296 e. The Kier molecular flexibility index (Phi) is 3.45. The number of carbonyl (C=O) groups is 1. The van der Waals surface area contributed by atoms with Crippen molar-refractivity contribution in [2.75, 3.05) is 0 Å². The van der Waals surface area contributed by atoms with E-state index in [1.807, 2.05) is 12.3 Å². The van der Waals surface area contributed by atoms with E-state index >= 15 is 0 Å². The highest BCUT2D eigenvalue weighted by molar-refractivity contribution is 7.99. The minimum Gasteiger partial charge on any atom is -0.296 e. The number of hydrogen-bond donors (Lipinski definition) is 1. The van der Waals surface area contributed by atoms with E-state index in [9.17, 15) is 9.59 Å². The topological polar surface area (TPSA) is 85.0 Å². The van der Waals surface area contributed by atoms with Crippen LogP contribution in [-0.2, 0) is 6.54 Å². The number of nitrogens with zero attached hydrogens (tertiary/aromatic N) is 4. The van der Waals surface area contributed by atoms with Gasteiger partial charge in [-0.2, -0.15) is 0 Å². The Morgan fingerprint density at radius 1 is 1.55 bits per heavy atom. The van der Waals surface area contributed by atoms with Crippen molar-refractivity contribution in [3.63, 3.8) is 0 Å². The summed E-state index contributed by atoms with van der Waals surface area (Å²) in [5.74, 6) is 0. The third-order valence-corrected chi connectivity index (χ3v) is 4.48. The van der Waals surface area contributed by atoms with E-state index in [-0.39, 0.29) is 5.69 Å². The zero-order chi connectivity index (χ0) is 14.1. The molecule has 7 nitrogen and oxygen atoms in total. The van der Waals surface area contributed by atoms with Gasteiger partial charge in [-0.25, -0.2) is 14.9 Å². The van der Waals surface area contributed by atoms with E-state index in [0.717, 1.165) is 17.7 Å². The number of H-pyrrole nitrogens is 1. The molecule has 0 aliphatic rings. The standard InChI is InChI=1S/C11H11N5O2S2/c1-2-3-16-9(18)13-14-11(16)20-8-7(6-17)15-4-5-19-10(15)12-8/h4-6H,2-3H2,1H3,(H,13,18). The Bertz CT molecular complexity index is 812. The maximum absolute atomic E-state index is 11.6. The Labute approximate surface area is 121 Å². The van der Waals surface area contributed by atoms with Crippen LogP contribution < -0.4 is 5.69 Å². The molecule has 3 aromatic rings. The molecule has 0 unspecified atom stereocenters. The molecule has 1 N–H and O–H groups in total. The van der Waals surface area contributed by atoms with Crippen molar-refractivity contribution >= 4 is 34.3 Å². The van der Waals surface area contributed by atoms with Crippen molar-refractivity contribution in [3.05, 3.63) is 27.8 Å². The van der Waals surface area contributed by atoms with Gasteiger partial charge in [0.2, 0.25) is 0 Å². The molecule has 3 heterocycles. The second-order valence-electron chi connectivity index (χ2n) is 4.04. The third-order valence-electron chi connectivity index (χ3n) is 2.74. The Balaban J connectivity index is 2.03. The number of imidazole rings is 1. The molecule has 9 heteroatoms. The molecule has 0 aliphatic carbocycles. The van der Waals surface area contributed by atoms with Gasteiger partial charge in [0.15, 0.2) is 16.4 Å². The molecule has 20 heavy (non-hydrogen) atoms. The summed E-state index contributed by atoms with van der Waals surface area (Å²) in [5, 5.41) is 9.35. The van der Waals surface area contributed by atoms with Gasteiger partial charge in [0, 0.05) is 18.1 Å². The van der Waals surface area contributed by atoms with Crippen LogP contribution in [0.25, 0.3) is 4.96 Å². The molecule has 0 saturated carbocycles. The lowest BCUT2D eigenvalue weighted by molar-refractivity contribution is 0.111. The number of fused-ring (bicyclic) bond motifs is 1. The maximum Gasteiger partial charge on any atom is 0.343 e. The van der Waals surface area contributed by atoms with Crippen LogP contribution in [0, 0.1) is 0 Å². The highest BCUT2D eigenvalue weighted by atomic mass is 32.2. The Hall–Kier alpha value is -1.87. The van der Waals surface area contributed by atoms with Crippen molar-refractivity contribution in [2.45, 2.75) is 30.1 Å². The first-order valence-corrected chi connectivity index (χ1v) is 7.68. The molecule has 3 rings (SSSR count). The zero-order valence-corrected chi connectivity index (χ0v) is 12.2. The van der Waals surface area contributed by atoms with Gasteiger partial charge in [0.05, 0.1) is 0 Å². The molecule has 0 aromatic carbocycles. The fourth-order valence-electron chi connectivity index (χ4n) is 1.85. The molecular formula is C11H11N5O2S2. The van der Waals surface area contributed by atoms with Gasteiger partial charge >= 0.3 is 5.69 Å². The average Bonchev–Trinajstić information content (AvgIpc) is 3.08. The monoisotopic (exact) mass is 309 g/mol. The summed E-state index contributed by atoms with van der Waals surface area (Å²) >= 11 is 2.67. The highest BCUT2D eigenvalue weighted by Gasteiger charge is 2.17. The molecule has 0 saturated heterocycles.